The van der Waals surface area contributed by atoms with E-state index in [1.54, 1.807) is 12.1 Å². The molecule has 18 heavy (non-hydrogen) atoms. The Labute approximate surface area is 108 Å². The molecule has 5 heteroatoms. The van der Waals surface area contributed by atoms with E-state index in [4.69, 9.17) is 8.19 Å². The number of para-hydroxylation sites is 1. The number of anilines is 1. The van der Waals surface area contributed by atoms with Crippen molar-refractivity contribution in [1.82, 2.24) is 0 Å². The summed E-state index contributed by atoms with van der Waals surface area (Å²) in [5, 5.41) is 3.23. The quantitative estimate of drug-likeness (QED) is 0.733. The maximum absolute atomic E-state index is 11.1. The topological polar surface area (TPSA) is 69.6 Å². The van der Waals surface area contributed by atoms with Crippen LogP contribution in [0.4, 0.5) is 5.69 Å². The summed E-state index contributed by atoms with van der Waals surface area (Å²) >= 11 is -4.74. The molecule has 0 heterocycles. The summed E-state index contributed by atoms with van der Waals surface area (Å²) in [4.78, 5) is 0. The Morgan fingerprint density at radius 1 is 0.944 bits per heavy atom. The van der Waals surface area contributed by atoms with Crippen molar-refractivity contribution in [3.05, 3.63) is 60.2 Å². The Hall–Kier alpha value is -1.48. The molecule has 0 amide bonds. The number of nitrogens with one attached hydrogen (secondary N) is 1. The molecule has 0 unspecified atom stereocenters. The normalized spacial score (nSPS) is 11.2. The van der Waals surface area contributed by atoms with Crippen LogP contribution in [0.5, 0.6) is 0 Å². The first-order valence-corrected chi connectivity index (χ1v) is 8.88. The van der Waals surface area contributed by atoms with Crippen LogP contribution in [0.2, 0.25) is 0 Å². The fourth-order valence-electron chi connectivity index (χ4n) is 1.57. The minimum atomic E-state index is -4.74. The van der Waals surface area contributed by atoms with Gasteiger partial charge in [-0.3, -0.25) is 0 Å². The van der Waals surface area contributed by atoms with Crippen LogP contribution in [0.25, 0.3) is 0 Å². The van der Waals surface area contributed by atoms with E-state index in [0.717, 1.165) is 11.3 Å². The fraction of sp³-hybridized carbons (Fsp3) is 0.0769. The van der Waals surface area contributed by atoms with Gasteiger partial charge in [-0.2, -0.15) is 0 Å². The van der Waals surface area contributed by atoms with Crippen LogP contribution in [0, 0.1) is 0 Å². The molecule has 0 saturated heterocycles. The van der Waals surface area contributed by atoms with Crippen LogP contribution in [-0.4, -0.2) is 22.4 Å². The third kappa shape index (κ3) is 3.50. The molecule has 0 aliphatic heterocycles. The van der Waals surface area contributed by atoms with Gasteiger partial charge in [0.05, 0.1) is 0 Å². The van der Waals surface area contributed by atoms with Crippen molar-refractivity contribution in [3.8, 4) is 0 Å². The van der Waals surface area contributed by atoms with Gasteiger partial charge in [0.2, 0.25) is 0 Å². The first kappa shape index (κ1) is 13.0. The van der Waals surface area contributed by atoms with Gasteiger partial charge in [-0.05, 0) is 0 Å². The van der Waals surface area contributed by atoms with E-state index < -0.39 is 14.2 Å². The van der Waals surface area contributed by atoms with E-state index in [0.29, 0.717) is 6.54 Å². The number of hydrogen-bond donors (Lipinski definition) is 3. The van der Waals surface area contributed by atoms with E-state index in [1.807, 2.05) is 30.3 Å². The van der Waals surface area contributed by atoms with Gasteiger partial charge in [-0.25, -0.2) is 0 Å². The van der Waals surface area contributed by atoms with Crippen molar-refractivity contribution in [2.75, 3.05) is 5.32 Å². The van der Waals surface area contributed by atoms with Crippen molar-refractivity contribution in [3.63, 3.8) is 0 Å². The molecular weight excluding hydrogens is 293 g/mol. The predicted octanol–water partition coefficient (Wildman–Crippen LogP) is 0.860. The summed E-state index contributed by atoms with van der Waals surface area (Å²) in [6.07, 6.45) is 0. The molecule has 2 rings (SSSR count). The predicted molar refractivity (Wildman–Crippen MR) is 70.7 cm³/mol. The Bertz CT molecular complexity index is 548. The SMILES string of the molecule is O=[As](O)(O)c1ccc(CNc2ccccc2)cc1. The fourth-order valence-corrected chi connectivity index (χ4v) is 2.70. The summed E-state index contributed by atoms with van der Waals surface area (Å²) in [7, 11) is 0. The molecule has 0 saturated carbocycles. The Morgan fingerprint density at radius 2 is 1.56 bits per heavy atom. The average molecular weight is 307 g/mol. The zero-order valence-electron chi connectivity index (χ0n) is 9.65. The maximum atomic E-state index is 11.1. The number of rotatable bonds is 4. The first-order valence-electron chi connectivity index (χ1n) is 5.50. The van der Waals surface area contributed by atoms with Gasteiger partial charge in [-0.1, -0.05) is 0 Å². The van der Waals surface area contributed by atoms with E-state index in [1.165, 1.54) is 12.1 Å². The van der Waals surface area contributed by atoms with E-state index >= 15 is 0 Å². The molecule has 3 N–H and O–H groups in total. The Kier molecular flexibility index (Phi) is 3.92. The van der Waals surface area contributed by atoms with E-state index in [2.05, 4.69) is 5.32 Å². The van der Waals surface area contributed by atoms with Gasteiger partial charge in [0.1, 0.15) is 0 Å². The molecule has 94 valence electrons. The molecule has 2 aromatic carbocycles. The second-order valence-electron chi connectivity index (χ2n) is 3.93. The van der Waals surface area contributed by atoms with Gasteiger partial charge < -0.3 is 0 Å². The molecule has 0 aliphatic carbocycles. The summed E-state index contributed by atoms with van der Waals surface area (Å²) in [6, 6.07) is 16.2. The van der Waals surface area contributed by atoms with Crippen LogP contribution in [0.3, 0.4) is 0 Å². The average Bonchev–Trinajstić information content (AvgIpc) is 2.37. The van der Waals surface area contributed by atoms with Crippen molar-refractivity contribution in [2.45, 2.75) is 6.54 Å². The summed E-state index contributed by atoms with van der Waals surface area (Å²) < 4.78 is 29.3. The molecule has 4 nitrogen and oxygen atoms in total. The Morgan fingerprint density at radius 3 is 2.11 bits per heavy atom. The molecule has 0 fully saturated rings. The number of hydrogen-bond acceptors (Lipinski definition) is 2. The molecule has 2 aromatic rings. The molecule has 0 aromatic heterocycles. The van der Waals surface area contributed by atoms with Crippen molar-refractivity contribution >= 4 is 24.2 Å². The van der Waals surface area contributed by atoms with Gasteiger partial charge in [0, 0.05) is 0 Å². The summed E-state index contributed by atoms with van der Waals surface area (Å²) in [6.45, 7) is 0.623. The molecule has 0 bridgehead atoms. The molecule has 0 atom stereocenters. The van der Waals surface area contributed by atoms with Gasteiger partial charge in [0.15, 0.2) is 0 Å². The monoisotopic (exact) mass is 307 g/mol. The molecule has 0 radical (unpaired) electrons. The molecule has 0 spiro atoms. The molecule has 0 aliphatic rings. The van der Waals surface area contributed by atoms with Crippen LogP contribution >= 0.6 is 0 Å². The third-order valence-corrected chi connectivity index (χ3v) is 4.58. The van der Waals surface area contributed by atoms with Gasteiger partial charge in [0.25, 0.3) is 0 Å². The second-order valence-corrected chi connectivity index (χ2v) is 7.30. The van der Waals surface area contributed by atoms with Crippen molar-refractivity contribution in [1.29, 1.82) is 0 Å². The summed E-state index contributed by atoms with van der Waals surface area (Å²) in [5.74, 6) is 0. The van der Waals surface area contributed by atoms with Crippen molar-refractivity contribution in [2.24, 2.45) is 0 Å². The third-order valence-electron chi connectivity index (χ3n) is 2.54. The van der Waals surface area contributed by atoms with Crippen LogP contribution in [0.1, 0.15) is 5.56 Å². The van der Waals surface area contributed by atoms with Gasteiger partial charge >= 0.3 is 108 Å². The van der Waals surface area contributed by atoms with E-state index in [9.17, 15) is 3.74 Å². The van der Waals surface area contributed by atoms with Gasteiger partial charge in [-0.15, -0.1) is 0 Å². The summed E-state index contributed by atoms with van der Waals surface area (Å²) in [5.41, 5.74) is 1.99. The standard InChI is InChI=1S/C13H14AsNO3/c16-14(17,18)12-8-6-11(7-9-12)10-15-13-4-2-1-3-5-13/h1-9,15H,10H2,(H2,16,17,18). The van der Waals surface area contributed by atoms with Crippen LogP contribution in [-0.2, 0) is 10.3 Å². The Balaban J connectivity index is 2.01. The van der Waals surface area contributed by atoms with Crippen molar-refractivity contribution < 1.29 is 11.9 Å². The minimum absolute atomic E-state index is 0.108. The van der Waals surface area contributed by atoms with Crippen LogP contribution in [0.15, 0.2) is 54.6 Å². The second kappa shape index (κ2) is 5.44. The number of benzene rings is 2. The first-order chi connectivity index (χ1) is 8.55. The van der Waals surface area contributed by atoms with Crippen LogP contribution < -0.4 is 9.67 Å². The zero-order valence-corrected chi connectivity index (χ0v) is 11.5. The molecular formula is C13H14AsNO3. The zero-order chi connectivity index (χ0) is 13.0. The van der Waals surface area contributed by atoms with E-state index in [-0.39, 0.29) is 4.35 Å².